The van der Waals surface area contributed by atoms with Gasteiger partial charge in [0.2, 0.25) is 0 Å². The first-order chi connectivity index (χ1) is 9.24. The third-order valence-electron chi connectivity index (χ3n) is 4.16. The van der Waals surface area contributed by atoms with Gasteiger partial charge in [-0.1, -0.05) is 32.3 Å². The Labute approximate surface area is 116 Å². The van der Waals surface area contributed by atoms with Gasteiger partial charge in [-0.2, -0.15) is 0 Å². The molecule has 1 aromatic rings. The molecular weight excluding hydrogens is 238 g/mol. The smallest absolute Gasteiger partial charge is 0.123 e. The highest BCUT2D eigenvalue weighted by Gasteiger charge is 2.20. The van der Waals surface area contributed by atoms with Gasteiger partial charge in [-0.25, -0.2) is 0 Å². The van der Waals surface area contributed by atoms with E-state index in [1.807, 2.05) is 12.1 Å². The van der Waals surface area contributed by atoms with E-state index >= 15 is 0 Å². The molecule has 1 aromatic carbocycles. The maximum absolute atomic E-state index is 10.1. The van der Waals surface area contributed by atoms with Crippen molar-refractivity contribution in [1.29, 1.82) is 0 Å². The van der Waals surface area contributed by atoms with Crippen LogP contribution in [-0.4, -0.2) is 29.7 Å². The highest BCUT2D eigenvalue weighted by Crippen LogP contribution is 2.28. The molecule has 0 unspecified atom stereocenters. The Hall–Kier alpha value is -1.22. The van der Waals surface area contributed by atoms with Crippen molar-refractivity contribution in [2.24, 2.45) is 0 Å². The molecule has 0 heterocycles. The predicted molar refractivity (Wildman–Crippen MR) is 77.6 cm³/mol. The van der Waals surface area contributed by atoms with Crippen LogP contribution in [0.4, 0.5) is 0 Å². The van der Waals surface area contributed by atoms with Crippen LogP contribution in [0.3, 0.4) is 0 Å². The van der Waals surface area contributed by atoms with E-state index in [0.717, 1.165) is 18.7 Å². The lowest BCUT2D eigenvalue weighted by atomic mass is 9.94. The fourth-order valence-electron chi connectivity index (χ4n) is 2.97. The molecule has 0 aliphatic heterocycles. The van der Waals surface area contributed by atoms with Crippen LogP contribution in [0.2, 0.25) is 0 Å². The molecule has 0 aromatic heterocycles. The molecule has 0 bridgehead atoms. The molecule has 3 heteroatoms. The summed E-state index contributed by atoms with van der Waals surface area (Å²) < 4.78 is 5.12. The van der Waals surface area contributed by atoms with E-state index < -0.39 is 0 Å². The molecule has 1 aliphatic carbocycles. The minimum absolute atomic E-state index is 0.341. The zero-order valence-electron chi connectivity index (χ0n) is 12.1. The van der Waals surface area contributed by atoms with Gasteiger partial charge in [0.1, 0.15) is 11.5 Å². The topological polar surface area (TPSA) is 32.7 Å². The van der Waals surface area contributed by atoms with E-state index in [9.17, 15) is 5.11 Å². The zero-order chi connectivity index (χ0) is 13.7. The lowest BCUT2D eigenvalue weighted by Gasteiger charge is -2.33. The lowest BCUT2D eigenvalue weighted by Crippen LogP contribution is -2.36. The number of hydrogen-bond acceptors (Lipinski definition) is 3. The number of benzene rings is 1. The van der Waals surface area contributed by atoms with Crippen molar-refractivity contribution in [3.05, 3.63) is 23.8 Å². The van der Waals surface area contributed by atoms with Gasteiger partial charge < -0.3 is 9.84 Å². The molecule has 0 amide bonds. The number of aromatic hydroxyl groups is 1. The van der Waals surface area contributed by atoms with Gasteiger partial charge in [0, 0.05) is 24.2 Å². The minimum atomic E-state index is 0.341. The second-order valence-corrected chi connectivity index (χ2v) is 5.35. The van der Waals surface area contributed by atoms with Crippen LogP contribution in [0.15, 0.2) is 18.2 Å². The largest absolute Gasteiger partial charge is 0.507 e. The molecule has 2 rings (SSSR count). The second kappa shape index (κ2) is 6.80. The summed E-state index contributed by atoms with van der Waals surface area (Å²) in [6, 6.07) is 6.27. The summed E-state index contributed by atoms with van der Waals surface area (Å²) in [5, 5.41) is 10.1. The van der Waals surface area contributed by atoms with Gasteiger partial charge in [0.05, 0.1) is 7.11 Å². The maximum Gasteiger partial charge on any atom is 0.123 e. The van der Waals surface area contributed by atoms with Gasteiger partial charge in [0.25, 0.3) is 0 Å². The Morgan fingerprint density at radius 3 is 2.58 bits per heavy atom. The summed E-state index contributed by atoms with van der Waals surface area (Å²) >= 11 is 0. The van der Waals surface area contributed by atoms with Crippen molar-refractivity contribution in [2.45, 2.75) is 51.6 Å². The van der Waals surface area contributed by atoms with Crippen molar-refractivity contribution >= 4 is 0 Å². The summed E-state index contributed by atoms with van der Waals surface area (Å²) in [6.45, 7) is 4.07. The standard InChI is InChI=1S/C16H25NO2/c1-3-17(14-7-5-4-6-8-14)12-13-9-10-15(19-2)11-16(13)18/h9-11,14,18H,3-8,12H2,1-2H3. The molecule has 0 spiro atoms. The SMILES string of the molecule is CCN(Cc1ccc(OC)cc1O)C1CCCCC1. The summed E-state index contributed by atoms with van der Waals surface area (Å²) in [5.41, 5.74) is 0.994. The summed E-state index contributed by atoms with van der Waals surface area (Å²) in [6.07, 6.45) is 6.66. The first kappa shape index (κ1) is 14.2. The second-order valence-electron chi connectivity index (χ2n) is 5.35. The van der Waals surface area contributed by atoms with Crippen molar-refractivity contribution in [2.75, 3.05) is 13.7 Å². The Morgan fingerprint density at radius 2 is 2.00 bits per heavy atom. The molecule has 1 N–H and O–H groups in total. The normalized spacial score (nSPS) is 16.8. The van der Waals surface area contributed by atoms with Crippen molar-refractivity contribution < 1.29 is 9.84 Å². The van der Waals surface area contributed by atoms with Gasteiger partial charge in [-0.3, -0.25) is 4.90 Å². The predicted octanol–water partition coefficient (Wildman–Crippen LogP) is 3.56. The number of ether oxygens (including phenoxy) is 1. The third-order valence-corrected chi connectivity index (χ3v) is 4.16. The first-order valence-corrected chi connectivity index (χ1v) is 7.34. The van der Waals surface area contributed by atoms with Crippen molar-refractivity contribution in [1.82, 2.24) is 4.90 Å². The van der Waals surface area contributed by atoms with Gasteiger partial charge in [0.15, 0.2) is 0 Å². The molecular formula is C16H25NO2. The van der Waals surface area contributed by atoms with Crippen LogP contribution in [0, 0.1) is 0 Å². The average molecular weight is 263 g/mol. The summed E-state index contributed by atoms with van der Waals surface area (Å²) in [5.74, 6) is 1.05. The number of phenolic OH excluding ortho intramolecular Hbond substituents is 1. The third kappa shape index (κ3) is 3.63. The van der Waals surface area contributed by atoms with Crippen LogP contribution in [0.25, 0.3) is 0 Å². The van der Waals surface area contributed by atoms with Gasteiger partial charge >= 0.3 is 0 Å². The lowest BCUT2D eigenvalue weighted by molar-refractivity contribution is 0.154. The van der Waals surface area contributed by atoms with Crippen LogP contribution in [0.1, 0.15) is 44.6 Å². The zero-order valence-corrected chi connectivity index (χ0v) is 12.1. The van der Waals surface area contributed by atoms with E-state index in [1.54, 1.807) is 13.2 Å². The molecule has 0 saturated heterocycles. The van der Waals surface area contributed by atoms with Gasteiger partial charge in [-0.15, -0.1) is 0 Å². The van der Waals surface area contributed by atoms with Crippen LogP contribution < -0.4 is 4.74 Å². The molecule has 1 fully saturated rings. The monoisotopic (exact) mass is 263 g/mol. The number of phenols is 1. The average Bonchev–Trinajstić information content (AvgIpc) is 2.47. The Balaban J connectivity index is 2.04. The molecule has 1 aliphatic rings. The summed E-state index contributed by atoms with van der Waals surface area (Å²) in [4.78, 5) is 2.49. The molecule has 3 nitrogen and oxygen atoms in total. The van der Waals surface area contributed by atoms with Crippen molar-refractivity contribution in [3.63, 3.8) is 0 Å². The molecule has 0 atom stereocenters. The minimum Gasteiger partial charge on any atom is -0.507 e. The Morgan fingerprint density at radius 1 is 1.26 bits per heavy atom. The number of methoxy groups -OCH3 is 1. The van der Waals surface area contributed by atoms with Crippen LogP contribution >= 0.6 is 0 Å². The quantitative estimate of drug-likeness (QED) is 0.881. The number of nitrogens with zero attached hydrogens (tertiary/aromatic N) is 1. The molecule has 1 saturated carbocycles. The molecule has 106 valence electrons. The fourth-order valence-corrected chi connectivity index (χ4v) is 2.97. The Bertz CT molecular complexity index is 400. The highest BCUT2D eigenvalue weighted by atomic mass is 16.5. The highest BCUT2D eigenvalue weighted by molar-refractivity contribution is 5.39. The van der Waals surface area contributed by atoms with E-state index in [2.05, 4.69) is 11.8 Å². The van der Waals surface area contributed by atoms with E-state index in [4.69, 9.17) is 4.74 Å². The van der Waals surface area contributed by atoms with E-state index in [0.29, 0.717) is 17.5 Å². The van der Waals surface area contributed by atoms with E-state index in [-0.39, 0.29) is 0 Å². The van der Waals surface area contributed by atoms with Crippen LogP contribution in [-0.2, 0) is 6.54 Å². The fraction of sp³-hybridized carbons (Fsp3) is 0.625. The summed E-state index contributed by atoms with van der Waals surface area (Å²) in [7, 11) is 1.62. The van der Waals surface area contributed by atoms with E-state index in [1.165, 1.54) is 32.1 Å². The molecule has 19 heavy (non-hydrogen) atoms. The maximum atomic E-state index is 10.1. The van der Waals surface area contributed by atoms with Crippen LogP contribution in [0.5, 0.6) is 11.5 Å². The van der Waals surface area contributed by atoms with Gasteiger partial charge in [-0.05, 0) is 25.5 Å². The molecule has 0 radical (unpaired) electrons. The Kier molecular flexibility index (Phi) is 5.08. The number of hydrogen-bond donors (Lipinski definition) is 1. The first-order valence-electron chi connectivity index (χ1n) is 7.34. The number of rotatable bonds is 5. The van der Waals surface area contributed by atoms with Crippen molar-refractivity contribution in [3.8, 4) is 11.5 Å².